The molecule has 4 nitrogen and oxygen atoms in total. The molecule has 120 valence electrons. The van der Waals surface area contributed by atoms with Crippen LogP contribution < -0.4 is 5.32 Å². The highest BCUT2D eigenvalue weighted by atomic mass is 16.5. The van der Waals surface area contributed by atoms with Crippen LogP contribution in [0.5, 0.6) is 0 Å². The van der Waals surface area contributed by atoms with Gasteiger partial charge in [-0.2, -0.15) is 0 Å². The van der Waals surface area contributed by atoms with Gasteiger partial charge in [0.1, 0.15) is 0 Å². The minimum Gasteiger partial charge on any atom is -0.394 e. The van der Waals surface area contributed by atoms with Crippen LogP contribution in [0.15, 0.2) is 0 Å². The molecule has 0 heterocycles. The van der Waals surface area contributed by atoms with Gasteiger partial charge in [-0.25, -0.2) is 0 Å². The Labute approximate surface area is 124 Å². The van der Waals surface area contributed by atoms with E-state index in [1.165, 1.54) is 12.8 Å². The van der Waals surface area contributed by atoms with Gasteiger partial charge in [0, 0.05) is 31.8 Å². The largest absolute Gasteiger partial charge is 0.394 e. The molecule has 0 spiro atoms. The maximum absolute atomic E-state index is 9.62. The van der Waals surface area contributed by atoms with Crippen molar-refractivity contribution in [2.45, 2.75) is 58.0 Å². The lowest BCUT2D eigenvalue weighted by Gasteiger charge is -2.31. The second kappa shape index (κ2) is 8.98. The standard InChI is InChI=1S/C16H34N2O2/c1-14(2)12-18(10-11-20-4)9-5-8-16(3,13-19)17-15-6-7-15/h14-15,17,19H,5-13H2,1-4H3. The maximum atomic E-state index is 9.62. The van der Waals surface area contributed by atoms with Gasteiger partial charge in [-0.05, 0) is 45.1 Å². The molecule has 1 aliphatic rings. The molecule has 4 heteroatoms. The van der Waals surface area contributed by atoms with Crippen LogP contribution in [0, 0.1) is 5.92 Å². The van der Waals surface area contributed by atoms with Crippen molar-refractivity contribution in [1.82, 2.24) is 10.2 Å². The summed E-state index contributed by atoms with van der Waals surface area (Å²) in [7, 11) is 1.76. The summed E-state index contributed by atoms with van der Waals surface area (Å²) in [6.45, 7) is 10.9. The van der Waals surface area contributed by atoms with E-state index in [4.69, 9.17) is 4.74 Å². The van der Waals surface area contributed by atoms with Gasteiger partial charge in [0.15, 0.2) is 0 Å². The maximum Gasteiger partial charge on any atom is 0.0610 e. The Hall–Kier alpha value is -0.160. The Morgan fingerprint density at radius 2 is 2.05 bits per heavy atom. The zero-order valence-electron chi connectivity index (χ0n) is 13.8. The summed E-state index contributed by atoms with van der Waals surface area (Å²) in [4.78, 5) is 2.48. The topological polar surface area (TPSA) is 44.7 Å². The first-order chi connectivity index (χ1) is 9.49. The van der Waals surface area contributed by atoms with Gasteiger partial charge in [0.05, 0.1) is 13.2 Å². The first kappa shape index (κ1) is 17.9. The smallest absolute Gasteiger partial charge is 0.0610 e. The predicted octanol–water partition coefficient (Wildman–Crippen LogP) is 1.87. The first-order valence-electron chi connectivity index (χ1n) is 8.09. The van der Waals surface area contributed by atoms with Gasteiger partial charge in [-0.3, -0.25) is 0 Å². The Morgan fingerprint density at radius 1 is 1.35 bits per heavy atom. The lowest BCUT2D eigenvalue weighted by Crippen LogP contribution is -2.47. The lowest BCUT2D eigenvalue weighted by molar-refractivity contribution is 0.128. The van der Waals surface area contributed by atoms with Crippen LogP contribution >= 0.6 is 0 Å². The number of hydrogen-bond acceptors (Lipinski definition) is 4. The molecule has 20 heavy (non-hydrogen) atoms. The fraction of sp³-hybridized carbons (Fsp3) is 1.00. The van der Waals surface area contributed by atoms with E-state index < -0.39 is 0 Å². The molecule has 0 aromatic rings. The highest BCUT2D eigenvalue weighted by Crippen LogP contribution is 2.24. The molecule has 1 rings (SSSR count). The number of methoxy groups -OCH3 is 1. The van der Waals surface area contributed by atoms with Crippen molar-refractivity contribution in [3.63, 3.8) is 0 Å². The highest BCUT2D eigenvalue weighted by molar-refractivity contribution is 4.92. The van der Waals surface area contributed by atoms with E-state index in [1.54, 1.807) is 7.11 Å². The second-order valence-corrected chi connectivity index (χ2v) is 6.93. The molecule has 1 fully saturated rings. The first-order valence-corrected chi connectivity index (χ1v) is 8.09. The molecule has 1 saturated carbocycles. The molecule has 2 N–H and O–H groups in total. The third kappa shape index (κ3) is 7.58. The van der Waals surface area contributed by atoms with E-state index in [0.717, 1.165) is 39.1 Å². The van der Waals surface area contributed by atoms with Gasteiger partial charge in [0.2, 0.25) is 0 Å². The van der Waals surface area contributed by atoms with Crippen molar-refractivity contribution in [2.24, 2.45) is 5.92 Å². The number of nitrogens with one attached hydrogen (secondary N) is 1. The zero-order valence-corrected chi connectivity index (χ0v) is 13.8. The van der Waals surface area contributed by atoms with Crippen LogP contribution in [0.1, 0.15) is 46.5 Å². The summed E-state index contributed by atoms with van der Waals surface area (Å²) < 4.78 is 5.19. The van der Waals surface area contributed by atoms with E-state index in [9.17, 15) is 5.11 Å². The molecule has 0 bridgehead atoms. The zero-order chi connectivity index (χ0) is 15.0. The summed E-state index contributed by atoms with van der Waals surface area (Å²) in [5.41, 5.74) is -0.105. The van der Waals surface area contributed by atoms with Gasteiger partial charge in [-0.15, -0.1) is 0 Å². The fourth-order valence-electron chi connectivity index (χ4n) is 2.64. The number of ether oxygens (including phenoxy) is 1. The van der Waals surface area contributed by atoms with Crippen LogP contribution in [0.2, 0.25) is 0 Å². The van der Waals surface area contributed by atoms with Gasteiger partial charge >= 0.3 is 0 Å². The molecule has 0 saturated heterocycles. The molecular formula is C16H34N2O2. The van der Waals surface area contributed by atoms with E-state index in [2.05, 4.69) is 31.0 Å². The highest BCUT2D eigenvalue weighted by Gasteiger charge is 2.31. The van der Waals surface area contributed by atoms with E-state index >= 15 is 0 Å². The minimum absolute atomic E-state index is 0.105. The Bertz CT molecular complexity index is 257. The second-order valence-electron chi connectivity index (χ2n) is 6.93. The molecule has 0 aliphatic heterocycles. The Balaban J connectivity index is 2.28. The molecular weight excluding hydrogens is 252 g/mol. The van der Waals surface area contributed by atoms with Crippen LogP contribution in [-0.4, -0.2) is 61.5 Å². The monoisotopic (exact) mass is 286 g/mol. The van der Waals surface area contributed by atoms with Crippen LogP contribution in [0.25, 0.3) is 0 Å². The van der Waals surface area contributed by atoms with Crippen molar-refractivity contribution in [2.75, 3.05) is 40.0 Å². The molecule has 1 unspecified atom stereocenters. The van der Waals surface area contributed by atoms with Crippen molar-refractivity contribution in [3.05, 3.63) is 0 Å². The SMILES string of the molecule is COCCN(CCCC(C)(CO)NC1CC1)CC(C)C. The molecule has 1 aliphatic carbocycles. The third-order valence-electron chi connectivity index (χ3n) is 3.92. The normalized spacial score (nSPS) is 18.8. The molecule has 0 aromatic carbocycles. The molecule has 0 aromatic heterocycles. The van der Waals surface area contributed by atoms with Crippen LogP contribution in [0.3, 0.4) is 0 Å². The number of rotatable bonds is 12. The molecule has 0 radical (unpaired) electrons. The number of nitrogens with zero attached hydrogens (tertiary/aromatic N) is 1. The van der Waals surface area contributed by atoms with Crippen molar-refractivity contribution < 1.29 is 9.84 Å². The van der Waals surface area contributed by atoms with E-state index in [1.807, 2.05) is 0 Å². The molecule has 0 amide bonds. The summed E-state index contributed by atoms with van der Waals surface area (Å²) in [5.74, 6) is 0.681. The van der Waals surface area contributed by atoms with Gasteiger partial charge < -0.3 is 20.1 Å². The minimum atomic E-state index is -0.105. The average Bonchev–Trinajstić information content (AvgIpc) is 3.19. The van der Waals surface area contributed by atoms with Crippen molar-refractivity contribution in [1.29, 1.82) is 0 Å². The summed E-state index contributed by atoms with van der Waals surface area (Å²) in [6, 6.07) is 0.646. The molecule has 1 atom stereocenters. The summed E-state index contributed by atoms with van der Waals surface area (Å²) in [6.07, 6.45) is 4.68. The van der Waals surface area contributed by atoms with Crippen molar-refractivity contribution >= 4 is 0 Å². The summed E-state index contributed by atoms with van der Waals surface area (Å²) in [5, 5.41) is 13.2. The van der Waals surface area contributed by atoms with E-state index in [-0.39, 0.29) is 12.1 Å². The van der Waals surface area contributed by atoms with Crippen molar-refractivity contribution in [3.8, 4) is 0 Å². The lowest BCUT2D eigenvalue weighted by atomic mass is 9.96. The number of aliphatic hydroxyl groups is 1. The fourth-order valence-corrected chi connectivity index (χ4v) is 2.64. The third-order valence-corrected chi connectivity index (χ3v) is 3.92. The van der Waals surface area contributed by atoms with Gasteiger partial charge in [-0.1, -0.05) is 13.8 Å². The average molecular weight is 286 g/mol. The van der Waals surface area contributed by atoms with E-state index in [0.29, 0.717) is 12.0 Å². The number of hydrogen-bond donors (Lipinski definition) is 2. The summed E-state index contributed by atoms with van der Waals surface area (Å²) >= 11 is 0. The Morgan fingerprint density at radius 3 is 2.55 bits per heavy atom. The van der Waals surface area contributed by atoms with Gasteiger partial charge in [0.25, 0.3) is 0 Å². The van der Waals surface area contributed by atoms with Crippen LogP contribution in [0.4, 0.5) is 0 Å². The quantitative estimate of drug-likeness (QED) is 0.575. The predicted molar refractivity (Wildman–Crippen MR) is 84.0 cm³/mol. The Kier molecular flexibility index (Phi) is 8.03. The number of aliphatic hydroxyl groups excluding tert-OH is 1. The van der Waals surface area contributed by atoms with Crippen LogP contribution in [-0.2, 0) is 4.74 Å².